The molecular formula is C11H18ClN3O. The molecule has 1 atom stereocenters. The van der Waals surface area contributed by atoms with E-state index in [0.29, 0.717) is 5.28 Å². The van der Waals surface area contributed by atoms with Gasteiger partial charge in [0, 0.05) is 12.0 Å². The molecule has 2 rings (SSSR count). The summed E-state index contributed by atoms with van der Waals surface area (Å²) in [6.45, 7) is 7.95. The van der Waals surface area contributed by atoms with Crippen molar-refractivity contribution >= 4 is 11.6 Å². The van der Waals surface area contributed by atoms with Gasteiger partial charge in [0.2, 0.25) is 5.28 Å². The van der Waals surface area contributed by atoms with Gasteiger partial charge in [0.25, 0.3) is 0 Å². The molecule has 5 heteroatoms. The molecular weight excluding hydrogens is 226 g/mol. The van der Waals surface area contributed by atoms with Gasteiger partial charge < -0.3 is 4.74 Å². The van der Waals surface area contributed by atoms with Crippen molar-refractivity contribution < 1.29 is 4.74 Å². The highest BCUT2D eigenvalue weighted by atomic mass is 35.5. The van der Waals surface area contributed by atoms with Gasteiger partial charge in [-0.2, -0.15) is 0 Å². The fourth-order valence-corrected chi connectivity index (χ4v) is 2.18. The van der Waals surface area contributed by atoms with Crippen LogP contribution in [0.2, 0.25) is 5.28 Å². The third-order valence-corrected chi connectivity index (χ3v) is 3.07. The Balaban J connectivity index is 2.21. The Morgan fingerprint density at radius 1 is 1.44 bits per heavy atom. The summed E-state index contributed by atoms with van der Waals surface area (Å²) in [4.78, 5) is 0. The molecule has 1 fully saturated rings. The van der Waals surface area contributed by atoms with Crippen LogP contribution in [-0.4, -0.2) is 27.5 Å². The summed E-state index contributed by atoms with van der Waals surface area (Å²) in [5, 5.41) is 8.56. The number of hydrogen-bond acceptors (Lipinski definition) is 3. The van der Waals surface area contributed by atoms with E-state index in [2.05, 4.69) is 31.0 Å². The Kier molecular flexibility index (Phi) is 3.22. The van der Waals surface area contributed by atoms with Crippen LogP contribution in [-0.2, 0) is 16.7 Å². The van der Waals surface area contributed by atoms with Crippen LogP contribution < -0.4 is 0 Å². The van der Waals surface area contributed by atoms with E-state index in [1.54, 1.807) is 0 Å². The van der Waals surface area contributed by atoms with Gasteiger partial charge in [-0.3, -0.25) is 4.57 Å². The van der Waals surface area contributed by atoms with Gasteiger partial charge in [0.1, 0.15) is 5.82 Å². The van der Waals surface area contributed by atoms with E-state index in [1.165, 1.54) is 0 Å². The summed E-state index contributed by atoms with van der Waals surface area (Å²) in [6, 6.07) is 0. The first-order valence-corrected chi connectivity index (χ1v) is 6.07. The van der Waals surface area contributed by atoms with E-state index in [-0.39, 0.29) is 11.5 Å². The second-order valence-electron chi connectivity index (χ2n) is 5.29. The summed E-state index contributed by atoms with van der Waals surface area (Å²) in [5.41, 5.74) is -0.0429. The third-order valence-electron chi connectivity index (χ3n) is 2.79. The molecule has 1 aliphatic rings. The second kappa shape index (κ2) is 4.34. The number of ether oxygens (including phenoxy) is 1. The molecule has 1 saturated heterocycles. The number of aromatic nitrogens is 3. The molecule has 0 spiro atoms. The monoisotopic (exact) mass is 243 g/mol. The highest BCUT2D eigenvalue weighted by Crippen LogP contribution is 2.25. The van der Waals surface area contributed by atoms with Gasteiger partial charge in [-0.05, 0) is 24.4 Å². The van der Waals surface area contributed by atoms with Crippen molar-refractivity contribution in [2.45, 2.75) is 51.7 Å². The summed E-state index contributed by atoms with van der Waals surface area (Å²) in [6.07, 6.45) is 2.49. The van der Waals surface area contributed by atoms with E-state index in [0.717, 1.165) is 31.8 Å². The lowest BCUT2D eigenvalue weighted by molar-refractivity contribution is 0.0955. The molecule has 0 saturated carbocycles. The van der Waals surface area contributed by atoms with Gasteiger partial charge in [-0.25, -0.2) is 0 Å². The minimum absolute atomic E-state index is 0.0429. The quantitative estimate of drug-likeness (QED) is 0.801. The van der Waals surface area contributed by atoms with Crippen LogP contribution in [0.4, 0.5) is 0 Å². The topological polar surface area (TPSA) is 39.9 Å². The SMILES string of the molecule is CC(C)(C)c1nnc(Cl)n1CC1CCCO1. The molecule has 0 radical (unpaired) electrons. The van der Waals surface area contributed by atoms with E-state index < -0.39 is 0 Å². The molecule has 90 valence electrons. The average Bonchev–Trinajstić information content (AvgIpc) is 2.76. The maximum atomic E-state index is 6.06. The normalized spacial score (nSPS) is 21.6. The number of nitrogens with zero attached hydrogens (tertiary/aromatic N) is 3. The van der Waals surface area contributed by atoms with Crippen molar-refractivity contribution in [2.24, 2.45) is 0 Å². The molecule has 16 heavy (non-hydrogen) atoms. The molecule has 1 aromatic rings. The summed E-state index contributed by atoms with van der Waals surface area (Å²) in [7, 11) is 0. The van der Waals surface area contributed by atoms with Gasteiger partial charge >= 0.3 is 0 Å². The fraction of sp³-hybridized carbons (Fsp3) is 0.818. The molecule has 4 nitrogen and oxygen atoms in total. The minimum atomic E-state index is -0.0429. The number of rotatable bonds is 2. The van der Waals surface area contributed by atoms with Crippen molar-refractivity contribution in [1.82, 2.24) is 14.8 Å². The van der Waals surface area contributed by atoms with Crippen molar-refractivity contribution in [3.63, 3.8) is 0 Å². The van der Waals surface area contributed by atoms with Gasteiger partial charge in [0.05, 0.1) is 12.6 Å². The highest BCUT2D eigenvalue weighted by Gasteiger charge is 2.26. The van der Waals surface area contributed by atoms with Crippen LogP contribution in [0.15, 0.2) is 0 Å². The van der Waals surface area contributed by atoms with Gasteiger partial charge in [-0.15, -0.1) is 10.2 Å². The average molecular weight is 244 g/mol. The maximum absolute atomic E-state index is 6.06. The lowest BCUT2D eigenvalue weighted by Gasteiger charge is -2.20. The second-order valence-corrected chi connectivity index (χ2v) is 5.63. The third kappa shape index (κ3) is 2.38. The standard InChI is InChI=1S/C11H18ClN3O/c1-11(2,3)9-13-14-10(12)15(9)7-8-5-4-6-16-8/h8H,4-7H2,1-3H3. The van der Waals surface area contributed by atoms with E-state index in [1.807, 2.05) is 4.57 Å². The van der Waals surface area contributed by atoms with Crippen molar-refractivity contribution in [3.8, 4) is 0 Å². The van der Waals surface area contributed by atoms with Crippen molar-refractivity contribution in [2.75, 3.05) is 6.61 Å². The fourth-order valence-electron chi connectivity index (χ4n) is 1.99. The van der Waals surface area contributed by atoms with E-state index in [4.69, 9.17) is 16.3 Å². The van der Waals surface area contributed by atoms with Crippen molar-refractivity contribution in [1.29, 1.82) is 0 Å². The highest BCUT2D eigenvalue weighted by molar-refractivity contribution is 6.28. The minimum Gasteiger partial charge on any atom is -0.376 e. The number of halogens is 1. The Bertz CT molecular complexity index is 364. The zero-order chi connectivity index (χ0) is 11.8. The van der Waals surface area contributed by atoms with Crippen LogP contribution in [0.5, 0.6) is 0 Å². The Hall–Kier alpha value is -0.610. The molecule has 0 amide bonds. The summed E-state index contributed by atoms with van der Waals surface area (Å²) in [5.74, 6) is 0.924. The lowest BCUT2D eigenvalue weighted by Crippen LogP contribution is -2.23. The summed E-state index contributed by atoms with van der Waals surface area (Å²) < 4.78 is 7.58. The van der Waals surface area contributed by atoms with E-state index >= 15 is 0 Å². The smallest absolute Gasteiger partial charge is 0.225 e. The largest absolute Gasteiger partial charge is 0.376 e. The molecule has 1 aliphatic heterocycles. The first-order valence-electron chi connectivity index (χ1n) is 5.69. The van der Waals surface area contributed by atoms with Crippen LogP contribution in [0.3, 0.4) is 0 Å². The van der Waals surface area contributed by atoms with Crippen LogP contribution >= 0.6 is 11.6 Å². The maximum Gasteiger partial charge on any atom is 0.225 e. The first-order chi connectivity index (χ1) is 7.48. The lowest BCUT2D eigenvalue weighted by atomic mass is 9.95. The van der Waals surface area contributed by atoms with E-state index in [9.17, 15) is 0 Å². The van der Waals surface area contributed by atoms with Crippen molar-refractivity contribution in [3.05, 3.63) is 11.1 Å². The molecule has 0 aromatic carbocycles. The van der Waals surface area contributed by atoms with Gasteiger partial charge in [0.15, 0.2) is 0 Å². The Morgan fingerprint density at radius 3 is 2.75 bits per heavy atom. The predicted molar refractivity (Wildman–Crippen MR) is 62.7 cm³/mol. The predicted octanol–water partition coefficient (Wildman–Crippen LogP) is 2.41. The Labute approximate surface area is 101 Å². The molecule has 0 bridgehead atoms. The summed E-state index contributed by atoms with van der Waals surface area (Å²) >= 11 is 6.06. The number of hydrogen-bond donors (Lipinski definition) is 0. The van der Waals surface area contributed by atoms with Gasteiger partial charge in [-0.1, -0.05) is 20.8 Å². The molecule has 1 aromatic heterocycles. The molecule has 0 aliphatic carbocycles. The first kappa shape index (κ1) is 11.9. The molecule has 0 N–H and O–H groups in total. The zero-order valence-corrected chi connectivity index (χ0v) is 10.8. The Morgan fingerprint density at radius 2 is 2.19 bits per heavy atom. The van der Waals surface area contributed by atoms with Crippen LogP contribution in [0.1, 0.15) is 39.4 Å². The van der Waals surface area contributed by atoms with Crippen LogP contribution in [0, 0.1) is 0 Å². The zero-order valence-electron chi connectivity index (χ0n) is 10.0. The molecule has 2 heterocycles. The van der Waals surface area contributed by atoms with Crippen LogP contribution in [0.25, 0.3) is 0 Å². The molecule has 1 unspecified atom stereocenters.